The van der Waals surface area contributed by atoms with Crippen LogP contribution in [0.5, 0.6) is 0 Å². The fourth-order valence-corrected chi connectivity index (χ4v) is 1.01. The van der Waals surface area contributed by atoms with Crippen molar-refractivity contribution >= 4 is 5.69 Å². The highest BCUT2D eigenvalue weighted by molar-refractivity contribution is 5.45. The van der Waals surface area contributed by atoms with Crippen molar-refractivity contribution in [3.05, 3.63) is 53.6 Å². The number of benzene rings is 1. The van der Waals surface area contributed by atoms with Gasteiger partial charge < -0.3 is 5.32 Å². The molecule has 0 unspecified atom stereocenters. The highest BCUT2D eigenvalue weighted by Crippen LogP contribution is 2.08. The fraction of sp³-hybridized carbons (Fsp3) is 0.375. The van der Waals surface area contributed by atoms with Crippen LogP contribution in [0.2, 0.25) is 0 Å². The molecule has 0 amide bonds. The standard InChI is InChI=1S/C12H17N.C4H8/c1-4-10(2)9-13-12-7-5-11(3)6-8-12;1-3-4-2/h4-8,13H,9H2,1-3H3;3-4H,1-2H3/b10-4+;4-3-. The average Bonchev–Trinajstić information content (AvgIpc) is 2.38. The van der Waals surface area contributed by atoms with Gasteiger partial charge in [-0.1, -0.05) is 41.5 Å². The molecule has 0 aliphatic heterocycles. The van der Waals surface area contributed by atoms with E-state index >= 15 is 0 Å². The Bertz CT molecular complexity index is 340. The maximum atomic E-state index is 3.35. The van der Waals surface area contributed by atoms with Crippen LogP contribution < -0.4 is 5.32 Å². The zero-order chi connectivity index (χ0) is 13.1. The zero-order valence-electron chi connectivity index (χ0n) is 11.7. The van der Waals surface area contributed by atoms with Gasteiger partial charge in [0.05, 0.1) is 0 Å². The minimum Gasteiger partial charge on any atom is -0.381 e. The highest BCUT2D eigenvalue weighted by Gasteiger charge is 1.90. The zero-order valence-corrected chi connectivity index (χ0v) is 11.7. The molecule has 0 radical (unpaired) electrons. The van der Waals surface area contributed by atoms with Gasteiger partial charge in [0.25, 0.3) is 0 Å². The minimum atomic E-state index is 0.930. The van der Waals surface area contributed by atoms with Gasteiger partial charge in [0, 0.05) is 12.2 Å². The summed E-state index contributed by atoms with van der Waals surface area (Å²) in [7, 11) is 0. The second-order valence-electron chi connectivity index (χ2n) is 4.02. The number of aryl methyl sites for hydroxylation is 1. The molecule has 1 nitrogen and oxygen atoms in total. The van der Waals surface area contributed by atoms with Crippen LogP contribution in [0.25, 0.3) is 0 Å². The number of allylic oxidation sites excluding steroid dienone is 3. The fourth-order valence-electron chi connectivity index (χ4n) is 1.01. The van der Waals surface area contributed by atoms with Crippen molar-refractivity contribution in [2.45, 2.75) is 34.6 Å². The predicted octanol–water partition coefficient (Wildman–Crippen LogP) is 4.96. The molecule has 0 saturated carbocycles. The van der Waals surface area contributed by atoms with Gasteiger partial charge >= 0.3 is 0 Å². The lowest BCUT2D eigenvalue weighted by atomic mass is 10.2. The molecular weight excluding hydrogens is 206 g/mol. The third-order valence-corrected chi connectivity index (χ3v) is 2.45. The Morgan fingerprint density at radius 2 is 1.59 bits per heavy atom. The molecule has 0 bridgehead atoms. The summed E-state index contributed by atoms with van der Waals surface area (Å²) in [5.41, 5.74) is 3.85. The van der Waals surface area contributed by atoms with Gasteiger partial charge in [-0.2, -0.15) is 0 Å². The number of anilines is 1. The van der Waals surface area contributed by atoms with Gasteiger partial charge in [0.2, 0.25) is 0 Å². The molecule has 0 aromatic heterocycles. The van der Waals surface area contributed by atoms with E-state index in [-0.39, 0.29) is 0 Å². The third kappa shape index (κ3) is 8.32. The Hall–Kier alpha value is -1.50. The SMILES string of the molecule is C/C=C(\C)CNc1ccc(C)cc1.C/C=C\C. The van der Waals surface area contributed by atoms with E-state index < -0.39 is 0 Å². The molecule has 94 valence electrons. The highest BCUT2D eigenvalue weighted by atomic mass is 14.9. The van der Waals surface area contributed by atoms with Crippen LogP contribution in [0, 0.1) is 6.92 Å². The van der Waals surface area contributed by atoms with E-state index in [0.29, 0.717) is 0 Å². The van der Waals surface area contributed by atoms with Gasteiger partial charge in [-0.25, -0.2) is 0 Å². The molecule has 1 aromatic rings. The molecular formula is C16H25N. The van der Waals surface area contributed by atoms with Crippen LogP contribution in [0.4, 0.5) is 5.69 Å². The molecule has 0 spiro atoms. The quantitative estimate of drug-likeness (QED) is 0.725. The summed E-state index contributed by atoms with van der Waals surface area (Å²) in [5.74, 6) is 0. The molecule has 0 heterocycles. The maximum absolute atomic E-state index is 3.35. The number of nitrogens with one attached hydrogen (secondary N) is 1. The van der Waals surface area contributed by atoms with Gasteiger partial charge in [0.1, 0.15) is 0 Å². The first-order chi connectivity index (χ1) is 8.13. The topological polar surface area (TPSA) is 12.0 Å². The van der Waals surface area contributed by atoms with Crippen molar-refractivity contribution in [2.24, 2.45) is 0 Å². The molecule has 0 atom stereocenters. The van der Waals surface area contributed by atoms with Gasteiger partial charge in [0.15, 0.2) is 0 Å². The lowest BCUT2D eigenvalue weighted by Crippen LogP contribution is -2.01. The van der Waals surface area contributed by atoms with Crippen LogP contribution >= 0.6 is 0 Å². The van der Waals surface area contributed by atoms with Crippen molar-refractivity contribution in [1.29, 1.82) is 0 Å². The molecule has 0 fully saturated rings. The van der Waals surface area contributed by atoms with Crippen LogP contribution in [0.15, 0.2) is 48.1 Å². The van der Waals surface area contributed by atoms with Gasteiger partial charge in [-0.3, -0.25) is 0 Å². The Morgan fingerprint density at radius 1 is 1.06 bits per heavy atom. The summed E-state index contributed by atoms with van der Waals surface area (Å²) >= 11 is 0. The Labute approximate surface area is 106 Å². The van der Waals surface area contributed by atoms with Gasteiger partial charge in [-0.05, 0) is 46.8 Å². The van der Waals surface area contributed by atoms with E-state index in [1.807, 2.05) is 26.0 Å². The first-order valence-corrected chi connectivity index (χ1v) is 6.13. The molecule has 17 heavy (non-hydrogen) atoms. The van der Waals surface area contributed by atoms with Crippen molar-refractivity contribution < 1.29 is 0 Å². The normalized spacial score (nSPS) is 11.0. The van der Waals surface area contributed by atoms with E-state index in [4.69, 9.17) is 0 Å². The lowest BCUT2D eigenvalue weighted by Gasteiger charge is -2.06. The smallest absolute Gasteiger partial charge is 0.0357 e. The summed E-state index contributed by atoms with van der Waals surface area (Å²) < 4.78 is 0. The molecule has 1 aromatic carbocycles. The first-order valence-electron chi connectivity index (χ1n) is 6.13. The monoisotopic (exact) mass is 231 g/mol. The summed E-state index contributed by atoms with van der Waals surface area (Å²) in [6, 6.07) is 8.46. The summed E-state index contributed by atoms with van der Waals surface area (Å²) in [4.78, 5) is 0. The van der Waals surface area contributed by atoms with Gasteiger partial charge in [-0.15, -0.1) is 0 Å². The Balaban J connectivity index is 0.000000557. The predicted molar refractivity (Wildman–Crippen MR) is 79.6 cm³/mol. The van der Waals surface area contributed by atoms with Crippen molar-refractivity contribution in [3.8, 4) is 0 Å². The number of hydrogen-bond donors (Lipinski definition) is 1. The molecule has 0 aliphatic rings. The van der Waals surface area contributed by atoms with E-state index in [1.165, 1.54) is 16.8 Å². The summed E-state index contributed by atoms with van der Waals surface area (Å²) in [6.07, 6.45) is 6.13. The van der Waals surface area contributed by atoms with Crippen LogP contribution in [-0.4, -0.2) is 6.54 Å². The van der Waals surface area contributed by atoms with Crippen LogP contribution in [0.1, 0.15) is 33.3 Å². The van der Waals surface area contributed by atoms with Crippen LogP contribution in [0.3, 0.4) is 0 Å². The lowest BCUT2D eigenvalue weighted by molar-refractivity contribution is 1.19. The minimum absolute atomic E-state index is 0.930. The molecule has 0 aliphatic carbocycles. The van der Waals surface area contributed by atoms with Crippen molar-refractivity contribution in [1.82, 2.24) is 0 Å². The maximum Gasteiger partial charge on any atom is 0.0357 e. The van der Waals surface area contributed by atoms with E-state index in [9.17, 15) is 0 Å². The molecule has 0 saturated heterocycles. The first kappa shape index (κ1) is 15.5. The average molecular weight is 231 g/mol. The van der Waals surface area contributed by atoms with E-state index in [0.717, 1.165) is 6.54 Å². The van der Waals surface area contributed by atoms with Crippen molar-refractivity contribution in [3.63, 3.8) is 0 Å². The van der Waals surface area contributed by atoms with Crippen LogP contribution in [-0.2, 0) is 0 Å². The largest absolute Gasteiger partial charge is 0.381 e. The number of rotatable bonds is 3. The molecule has 1 heteroatoms. The summed E-state index contributed by atoms with van der Waals surface area (Å²) in [6.45, 7) is 11.2. The second-order valence-corrected chi connectivity index (χ2v) is 4.02. The Kier molecular flexibility index (Phi) is 8.85. The molecule has 1 rings (SSSR count). The second kappa shape index (κ2) is 9.71. The van der Waals surface area contributed by atoms with Crippen molar-refractivity contribution in [2.75, 3.05) is 11.9 Å². The molecule has 1 N–H and O–H groups in total. The summed E-state index contributed by atoms with van der Waals surface area (Å²) in [5, 5.41) is 3.35. The Morgan fingerprint density at radius 3 is 2.00 bits per heavy atom. The third-order valence-electron chi connectivity index (χ3n) is 2.45. The van der Waals surface area contributed by atoms with E-state index in [1.54, 1.807) is 0 Å². The van der Waals surface area contributed by atoms with E-state index in [2.05, 4.69) is 56.4 Å². The number of hydrogen-bond acceptors (Lipinski definition) is 1.